The molecule has 0 bridgehead atoms. The first-order valence-corrected chi connectivity index (χ1v) is 6.83. The van der Waals surface area contributed by atoms with Gasteiger partial charge >= 0.3 is 0 Å². The van der Waals surface area contributed by atoms with E-state index in [1.54, 1.807) is 0 Å². The lowest BCUT2D eigenvalue weighted by molar-refractivity contribution is 0.701. The summed E-state index contributed by atoms with van der Waals surface area (Å²) >= 11 is 4.99. The molecule has 0 spiro atoms. The summed E-state index contributed by atoms with van der Waals surface area (Å²) in [6.45, 7) is 1.64. The van der Waals surface area contributed by atoms with Crippen LogP contribution >= 0.6 is 27.3 Å². The zero-order valence-corrected chi connectivity index (χ0v) is 11.5. The van der Waals surface area contributed by atoms with Crippen molar-refractivity contribution in [3.8, 4) is 6.07 Å². The summed E-state index contributed by atoms with van der Waals surface area (Å²) in [4.78, 5) is 1.96. The van der Waals surface area contributed by atoms with Crippen LogP contribution in [0.5, 0.6) is 0 Å². The van der Waals surface area contributed by atoms with Gasteiger partial charge in [-0.25, -0.2) is 0 Å². The number of rotatable bonds is 4. The lowest BCUT2D eigenvalue weighted by atomic mass is 10.2. The van der Waals surface area contributed by atoms with Crippen molar-refractivity contribution >= 4 is 27.3 Å². The van der Waals surface area contributed by atoms with E-state index in [-0.39, 0.29) is 0 Å². The molecule has 1 heterocycles. The Morgan fingerprint density at radius 2 is 2.12 bits per heavy atom. The van der Waals surface area contributed by atoms with Crippen LogP contribution in [0.25, 0.3) is 0 Å². The van der Waals surface area contributed by atoms with Gasteiger partial charge in [0.1, 0.15) is 10.9 Å². The van der Waals surface area contributed by atoms with Crippen molar-refractivity contribution in [2.75, 3.05) is 0 Å². The van der Waals surface area contributed by atoms with E-state index in [1.165, 1.54) is 21.8 Å². The molecule has 0 amide bonds. The van der Waals surface area contributed by atoms with E-state index >= 15 is 0 Å². The average molecular weight is 307 g/mol. The predicted octanol–water partition coefficient (Wildman–Crippen LogP) is 3.67. The molecule has 1 aromatic carbocycles. The van der Waals surface area contributed by atoms with Crippen LogP contribution in [-0.2, 0) is 13.1 Å². The quantitative estimate of drug-likeness (QED) is 0.935. The average Bonchev–Trinajstić information content (AvgIpc) is 2.77. The zero-order valence-electron chi connectivity index (χ0n) is 9.11. The second-order valence-corrected chi connectivity index (χ2v) is 5.70. The lowest BCUT2D eigenvalue weighted by Gasteiger charge is -2.03. The van der Waals surface area contributed by atoms with E-state index in [0.717, 1.165) is 22.4 Å². The molecule has 2 rings (SSSR count). The van der Waals surface area contributed by atoms with Crippen LogP contribution in [0.2, 0.25) is 0 Å². The highest BCUT2D eigenvalue weighted by Gasteiger charge is 1.99. The fourth-order valence-corrected chi connectivity index (χ4v) is 2.73. The third kappa shape index (κ3) is 3.67. The van der Waals surface area contributed by atoms with Crippen LogP contribution in [-0.4, -0.2) is 0 Å². The Labute approximate surface area is 113 Å². The highest BCUT2D eigenvalue weighted by atomic mass is 79.9. The third-order valence-corrected chi connectivity index (χ3v) is 3.77. The lowest BCUT2D eigenvalue weighted by Crippen LogP contribution is -2.11. The molecule has 2 nitrogen and oxygen atoms in total. The monoisotopic (exact) mass is 306 g/mol. The summed E-state index contributed by atoms with van der Waals surface area (Å²) in [5, 5.41) is 12.1. The SMILES string of the molecule is N#Cc1ccc(CNCc2cccc(Br)c2)s1. The standard InChI is InChI=1S/C13H11BrN2S/c14-11-3-1-2-10(6-11)8-16-9-13-5-4-12(7-15)17-13/h1-6,16H,8-9H2. The molecular formula is C13H11BrN2S. The highest BCUT2D eigenvalue weighted by Crippen LogP contribution is 2.15. The molecule has 0 aliphatic carbocycles. The highest BCUT2D eigenvalue weighted by molar-refractivity contribution is 9.10. The van der Waals surface area contributed by atoms with Crippen molar-refractivity contribution < 1.29 is 0 Å². The smallest absolute Gasteiger partial charge is 0.110 e. The Balaban J connectivity index is 1.85. The molecule has 0 atom stereocenters. The molecule has 1 aromatic heterocycles. The first-order valence-electron chi connectivity index (χ1n) is 5.22. The van der Waals surface area contributed by atoms with Crippen LogP contribution in [0.3, 0.4) is 0 Å². The number of halogens is 1. The van der Waals surface area contributed by atoms with E-state index in [9.17, 15) is 0 Å². The largest absolute Gasteiger partial charge is 0.308 e. The van der Waals surface area contributed by atoms with Crippen molar-refractivity contribution in [1.82, 2.24) is 5.32 Å². The number of hydrogen-bond acceptors (Lipinski definition) is 3. The van der Waals surface area contributed by atoms with Crippen molar-refractivity contribution in [1.29, 1.82) is 5.26 Å². The Kier molecular flexibility index (Phi) is 4.32. The number of hydrogen-bond donors (Lipinski definition) is 1. The second kappa shape index (κ2) is 5.97. The fraction of sp³-hybridized carbons (Fsp3) is 0.154. The van der Waals surface area contributed by atoms with Crippen molar-refractivity contribution in [3.05, 3.63) is 56.2 Å². The Morgan fingerprint density at radius 3 is 2.82 bits per heavy atom. The molecule has 17 heavy (non-hydrogen) atoms. The molecule has 0 saturated heterocycles. The van der Waals surface area contributed by atoms with E-state index in [1.807, 2.05) is 24.3 Å². The molecule has 0 aliphatic rings. The van der Waals surface area contributed by atoms with Crippen LogP contribution in [0.15, 0.2) is 40.9 Å². The van der Waals surface area contributed by atoms with Gasteiger partial charge in [0.25, 0.3) is 0 Å². The number of nitrogens with one attached hydrogen (secondary N) is 1. The molecular weight excluding hydrogens is 296 g/mol. The molecule has 0 fully saturated rings. The van der Waals surface area contributed by atoms with E-state index in [2.05, 4.69) is 39.4 Å². The van der Waals surface area contributed by atoms with Gasteiger partial charge in [-0.2, -0.15) is 5.26 Å². The van der Waals surface area contributed by atoms with Crippen molar-refractivity contribution in [2.24, 2.45) is 0 Å². The maximum Gasteiger partial charge on any atom is 0.110 e. The number of benzene rings is 1. The van der Waals surface area contributed by atoms with E-state index < -0.39 is 0 Å². The molecule has 0 aliphatic heterocycles. The molecule has 0 radical (unpaired) electrons. The summed E-state index contributed by atoms with van der Waals surface area (Å²) in [6.07, 6.45) is 0. The minimum Gasteiger partial charge on any atom is -0.308 e. The molecule has 4 heteroatoms. The molecule has 2 aromatic rings. The number of nitriles is 1. The fourth-order valence-electron chi connectivity index (χ4n) is 1.51. The van der Waals surface area contributed by atoms with Gasteiger partial charge in [0.05, 0.1) is 0 Å². The minimum atomic E-state index is 0.768. The van der Waals surface area contributed by atoms with Gasteiger partial charge < -0.3 is 5.32 Å². The van der Waals surface area contributed by atoms with Crippen LogP contribution in [0, 0.1) is 11.3 Å². The molecule has 0 saturated carbocycles. The van der Waals surface area contributed by atoms with Gasteiger partial charge in [-0.05, 0) is 29.8 Å². The van der Waals surface area contributed by atoms with Gasteiger partial charge in [-0.15, -0.1) is 11.3 Å². The van der Waals surface area contributed by atoms with E-state index in [0.29, 0.717) is 0 Å². The first kappa shape index (κ1) is 12.3. The maximum absolute atomic E-state index is 8.72. The van der Waals surface area contributed by atoms with Gasteiger partial charge in [0.15, 0.2) is 0 Å². The Morgan fingerprint density at radius 1 is 1.24 bits per heavy atom. The van der Waals surface area contributed by atoms with Gasteiger partial charge in [0.2, 0.25) is 0 Å². The summed E-state index contributed by atoms with van der Waals surface area (Å²) in [5.74, 6) is 0. The van der Waals surface area contributed by atoms with E-state index in [4.69, 9.17) is 5.26 Å². The van der Waals surface area contributed by atoms with Crippen molar-refractivity contribution in [3.63, 3.8) is 0 Å². The van der Waals surface area contributed by atoms with Crippen molar-refractivity contribution in [2.45, 2.75) is 13.1 Å². The topological polar surface area (TPSA) is 35.8 Å². The first-order chi connectivity index (χ1) is 8.28. The molecule has 1 N–H and O–H groups in total. The number of nitrogens with zero attached hydrogens (tertiary/aromatic N) is 1. The minimum absolute atomic E-state index is 0.768. The summed E-state index contributed by atoms with van der Waals surface area (Å²) < 4.78 is 1.10. The summed E-state index contributed by atoms with van der Waals surface area (Å²) in [5.41, 5.74) is 1.25. The molecule has 0 unspecified atom stereocenters. The summed E-state index contributed by atoms with van der Waals surface area (Å²) in [7, 11) is 0. The number of thiophene rings is 1. The predicted molar refractivity (Wildman–Crippen MR) is 73.7 cm³/mol. The van der Waals surface area contributed by atoms with Gasteiger partial charge in [0, 0.05) is 22.4 Å². The van der Waals surface area contributed by atoms with Crippen LogP contribution < -0.4 is 5.32 Å². The third-order valence-electron chi connectivity index (χ3n) is 2.29. The maximum atomic E-state index is 8.72. The normalized spacial score (nSPS) is 10.1. The summed E-state index contributed by atoms with van der Waals surface area (Å²) in [6, 6.07) is 14.2. The second-order valence-electron chi connectivity index (χ2n) is 3.61. The Bertz CT molecular complexity index is 542. The van der Waals surface area contributed by atoms with Gasteiger partial charge in [-0.3, -0.25) is 0 Å². The van der Waals surface area contributed by atoms with Crippen LogP contribution in [0.4, 0.5) is 0 Å². The Hall–Kier alpha value is -1.15. The van der Waals surface area contributed by atoms with Crippen LogP contribution in [0.1, 0.15) is 15.3 Å². The zero-order chi connectivity index (χ0) is 12.1. The molecule has 86 valence electrons. The van der Waals surface area contributed by atoms with Gasteiger partial charge in [-0.1, -0.05) is 28.1 Å².